The van der Waals surface area contributed by atoms with E-state index in [-0.39, 0.29) is 5.54 Å². The van der Waals surface area contributed by atoms with E-state index in [0.717, 1.165) is 32.5 Å². The van der Waals surface area contributed by atoms with E-state index >= 15 is 0 Å². The molecule has 2 aliphatic heterocycles. The highest BCUT2D eigenvalue weighted by Gasteiger charge is 2.41. The van der Waals surface area contributed by atoms with Gasteiger partial charge in [-0.3, -0.25) is 9.88 Å². The lowest BCUT2D eigenvalue weighted by molar-refractivity contribution is 0.162. The Kier molecular flexibility index (Phi) is 3.38. The number of fused-ring (bicyclic) bond motifs is 4. The predicted octanol–water partition coefficient (Wildman–Crippen LogP) is 3.79. The van der Waals surface area contributed by atoms with Gasteiger partial charge in [0.1, 0.15) is 0 Å². The van der Waals surface area contributed by atoms with Gasteiger partial charge in [0, 0.05) is 43.9 Å². The molecule has 0 bridgehead atoms. The molecular formula is C21H22N4. The average Bonchev–Trinajstić information content (AvgIpc) is 3.16. The van der Waals surface area contributed by atoms with Crippen molar-refractivity contribution in [3.8, 4) is 5.69 Å². The van der Waals surface area contributed by atoms with Crippen LogP contribution in [-0.4, -0.2) is 27.5 Å². The number of rotatable bonds is 2. The molecule has 4 nitrogen and oxygen atoms in total. The Morgan fingerprint density at radius 3 is 2.72 bits per heavy atom. The molecule has 0 radical (unpaired) electrons. The van der Waals surface area contributed by atoms with Gasteiger partial charge >= 0.3 is 0 Å². The first-order valence-electron chi connectivity index (χ1n) is 9.01. The van der Waals surface area contributed by atoms with Crippen LogP contribution >= 0.6 is 0 Å². The van der Waals surface area contributed by atoms with Crippen molar-refractivity contribution in [2.75, 3.05) is 18.4 Å². The van der Waals surface area contributed by atoms with Gasteiger partial charge in [-0.05, 0) is 48.7 Å². The molecule has 1 N–H and O–H groups in total. The van der Waals surface area contributed by atoms with E-state index < -0.39 is 0 Å². The fourth-order valence-corrected chi connectivity index (χ4v) is 4.32. The van der Waals surface area contributed by atoms with E-state index in [1.807, 2.05) is 18.5 Å². The number of para-hydroxylation sites is 2. The van der Waals surface area contributed by atoms with Gasteiger partial charge in [0.25, 0.3) is 0 Å². The smallest absolute Gasteiger partial charge is 0.0804 e. The zero-order chi connectivity index (χ0) is 16.7. The number of nitrogens with one attached hydrogen (secondary N) is 1. The largest absolute Gasteiger partial charge is 0.372 e. The zero-order valence-corrected chi connectivity index (χ0v) is 14.2. The minimum atomic E-state index is 0.0449. The molecule has 4 heteroatoms. The van der Waals surface area contributed by atoms with E-state index in [9.17, 15) is 0 Å². The lowest BCUT2D eigenvalue weighted by Crippen LogP contribution is -2.49. The summed E-state index contributed by atoms with van der Waals surface area (Å²) in [6.45, 7) is 3.17. The maximum Gasteiger partial charge on any atom is 0.0804 e. The second-order valence-electron chi connectivity index (χ2n) is 7.13. The van der Waals surface area contributed by atoms with Gasteiger partial charge in [0.2, 0.25) is 0 Å². The Bertz CT molecular complexity index is 876. The normalized spacial score (nSPS) is 18.4. The van der Waals surface area contributed by atoms with E-state index in [2.05, 4.69) is 68.4 Å². The quantitative estimate of drug-likeness (QED) is 0.776. The third-order valence-electron chi connectivity index (χ3n) is 5.62. The summed E-state index contributed by atoms with van der Waals surface area (Å²) in [5.41, 5.74) is 5.23. The molecule has 4 heterocycles. The first-order valence-corrected chi connectivity index (χ1v) is 9.01. The maximum absolute atomic E-state index is 4.24. The number of piperidine rings is 1. The van der Waals surface area contributed by atoms with Crippen molar-refractivity contribution in [1.82, 2.24) is 14.5 Å². The third-order valence-corrected chi connectivity index (χ3v) is 5.62. The summed E-state index contributed by atoms with van der Waals surface area (Å²) < 4.78 is 2.36. The highest BCUT2D eigenvalue weighted by Crippen LogP contribution is 2.43. The van der Waals surface area contributed by atoms with Crippen LogP contribution in [0, 0.1) is 0 Å². The molecule has 0 atom stereocenters. The van der Waals surface area contributed by atoms with Crippen molar-refractivity contribution in [1.29, 1.82) is 0 Å². The SMILES string of the molecule is c1cncc(CN2CCC3(CC2)Nc2ccccc2-n2cccc23)c1. The van der Waals surface area contributed by atoms with Gasteiger partial charge in [0.05, 0.1) is 16.9 Å². The second-order valence-corrected chi connectivity index (χ2v) is 7.13. The van der Waals surface area contributed by atoms with Gasteiger partial charge < -0.3 is 9.88 Å². The van der Waals surface area contributed by atoms with E-state index in [4.69, 9.17) is 0 Å². The number of hydrogen-bond donors (Lipinski definition) is 1. The molecule has 0 aliphatic carbocycles. The van der Waals surface area contributed by atoms with Crippen molar-refractivity contribution in [3.63, 3.8) is 0 Å². The van der Waals surface area contributed by atoms with Crippen LogP contribution in [0.1, 0.15) is 24.1 Å². The van der Waals surface area contributed by atoms with Crippen molar-refractivity contribution in [2.24, 2.45) is 0 Å². The first-order chi connectivity index (χ1) is 12.3. The van der Waals surface area contributed by atoms with Crippen molar-refractivity contribution >= 4 is 5.69 Å². The van der Waals surface area contributed by atoms with Crippen molar-refractivity contribution in [2.45, 2.75) is 24.9 Å². The monoisotopic (exact) mass is 330 g/mol. The Labute approximate surface area is 148 Å². The van der Waals surface area contributed by atoms with Crippen LogP contribution in [0.15, 0.2) is 67.1 Å². The summed E-state index contributed by atoms with van der Waals surface area (Å²) in [5, 5.41) is 3.88. The molecule has 0 saturated carbocycles. The molecule has 1 saturated heterocycles. The summed E-state index contributed by atoms with van der Waals surface area (Å²) in [6.07, 6.45) is 8.24. The third kappa shape index (κ3) is 2.45. The highest BCUT2D eigenvalue weighted by atomic mass is 15.2. The van der Waals surface area contributed by atoms with Crippen LogP contribution in [0.25, 0.3) is 5.69 Å². The molecule has 126 valence electrons. The standard InChI is InChI=1S/C21H22N4/c1-2-7-19-18(6-1)23-21(20-8-4-12-25(19)20)9-13-24(14-10-21)16-17-5-3-11-22-15-17/h1-8,11-12,15,23H,9-10,13-14,16H2. The Morgan fingerprint density at radius 1 is 1.00 bits per heavy atom. The van der Waals surface area contributed by atoms with E-state index in [0.29, 0.717) is 0 Å². The number of nitrogens with zero attached hydrogens (tertiary/aromatic N) is 3. The molecule has 3 aromatic rings. The lowest BCUT2D eigenvalue weighted by atomic mass is 9.82. The van der Waals surface area contributed by atoms with Gasteiger partial charge in [-0.2, -0.15) is 0 Å². The maximum atomic E-state index is 4.24. The summed E-state index contributed by atoms with van der Waals surface area (Å²) in [5.74, 6) is 0. The predicted molar refractivity (Wildman–Crippen MR) is 99.8 cm³/mol. The summed E-state index contributed by atoms with van der Waals surface area (Å²) in [7, 11) is 0. The highest BCUT2D eigenvalue weighted by molar-refractivity contribution is 5.67. The zero-order valence-electron chi connectivity index (χ0n) is 14.2. The molecule has 25 heavy (non-hydrogen) atoms. The average molecular weight is 330 g/mol. The minimum absolute atomic E-state index is 0.0449. The topological polar surface area (TPSA) is 33.1 Å². The van der Waals surface area contributed by atoms with Crippen LogP contribution in [0.2, 0.25) is 0 Å². The fraction of sp³-hybridized carbons (Fsp3) is 0.286. The van der Waals surface area contributed by atoms with Crippen LogP contribution in [0.5, 0.6) is 0 Å². The number of aromatic nitrogens is 2. The van der Waals surface area contributed by atoms with Crippen LogP contribution in [0.4, 0.5) is 5.69 Å². The summed E-state index contributed by atoms with van der Waals surface area (Å²) in [6, 6.07) is 17.2. The molecule has 1 spiro atoms. The number of likely N-dealkylation sites (tertiary alicyclic amines) is 1. The van der Waals surface area contributed by atoms with E-state index in [1.54, 1.807) is 0 Å². The van der Waals surface area contributed by atoms with Gasteiger partial charge in [-0.25, -0.2) is 0 Å². The Hall–Kier alpha value is -2.59. The minimum Gasteiger partial charge on any atom is -0.372 e. The number of hydrogen-bond acceptors (Lipinski definition) is 3. The molecular weight excluding hydrogens is 308 g/mol. The molecule has 5 rings (SSSR count). The molecule has 0 amide bonds. The van der Waals surface area contributed by atoms with Crippen molar-refractivity contribution in [3.05, 3.63) is 78.4 Å². The molecule has 1 aromatic carbocycles. The Morgan fingerprint density at radius 2 is 1.88 bits per heavy atom. The van der Waals surface area contributed by atoms with Gasteiger partial charge in [-0.15, -0.1) is 0 Å². The van der Waals surface area contributed by atoms with Crippen LogP contribution < -0.4 is 5.32 Å². The lowest BCUT2D eigenvalue weighted by Gasteiger charge is -2.46. The molecule has 2 aliphatic rings. The fourth-order valence-electron chi connectivity index (χ4n) is 4.32. The number of anilines is 1. The van der Waals surface area contributed by atoms with Crippen LogP contribution in [0.3, 0.4) is 0 Å². The summed E-state index contributed by atoms with van der Waals surface area (Å²) >= 11 is 0. The van der Waals surface area contributed by atoms with E-state index in [1.165, 1.54) is 22.6 Å². The summed E-state index contributed by atoms with van der Waals surface area (Å²) in [4.78, 5) is 6.78. The van der Waals surface area contributed by atoms with Crippen molar-refractivity contribution < 1.29 is 0 Å². The van der Waals surface area contributed by atoms with Crippen LogP contribution in [-0.2, 0) is 12.1 Å². The molecule has 0 unspecified atom stereocenters. The molecule has 1 fully saturated rings. The second kappa shape index (κ2) is 5.74. The first kappa shape index (κ1) is 14.7. The van der Waals surface area contributed by atoms with Gasteiger partial charge in [-0.1, -0.05) is 18.2 Å². The van der Waals surface area contributed by atoms with Gasteiger partial charge in [0.15, 0.2) is 0 Å². The number of pyridine rings is 1. The molecule has 2 aromatic heterocycles. The number of benzene rings is 1. The Balaban J connectivity index is 1.40.